The molecular formula is C26H23F2N3O8. The summed E-state index contributed by atoms with van der Waals surface area (Å²) in [6, 6.07) is 13.9. The molecule has 0 spiro atoms. The molecule has 39 heavy (non-hydrogen) atoms. The van der Waals surface area contributed by atoms with E-state index in [1.54, 1.807) is 30.3 Å². The Bertz CT molecular complexity index is 1500. The largest absolute Gasteiger partial charge is 0.468 e. The van der Waals surface area contributed by atoms with Crippen molar-refractivity contribution in [1.82, 2.24) is 9.13 Å². The molecule has 0 aliphatic carbocycles. The van der Waals surface area contributed by atoms with E-state index >= 15 is 0 Å². The number of anilines is 1. The first-order valence-corrected chi connectivity index (χ1v) is 11.3. The molecule has 0 aliphatic heterocycles. The van der Waals surface area contributed by atoms with E-state index in [2.05, 4.69) is 9.47 Å². The fourth-order valence-electron chi connectivity index (χ4n) is 3.41. The molecule has 3 aromatic rings. The Hall–Kier alpha value is -5.07. The molecule has 0 atom stereocenters. The number of nitrogens with zero attached hydrogens (tertiary/aromatic N) is 2. The van der Waals surface area contributed by atoms with Gasteiger partial charge < -0.3 is 19.9 Å². The highest BCUT2D eigenvalue weighted by Gasteiger charge is 2.25. The summed E-state index contributed by atoms with van der Waals surface area (Å²) in [5.74, 6) is -3.40. The molecule has 2 N–H and O–H groups in total. The van der Waals surface area contributed by atoms with E-state index < -0.39 is 60.1 Å². The van der Waals surface area contributed by atoms with Gasteiger partial charge in [0, 0.05) is 6.08 Å². The Morgan fingerprint density at radius 3 is 2.28 bits per heavy atom. The monoisotopic (exact) mass is 543 g/mol. The van der Waals surface area contributed by atoms with Gasteiger partial charge in [0.15, 0.2) is 6.61 Å². The van der Waals surface area contributed by atoms with Crippen LogP contribution >= 0.6 is 0 Å². The first-order valence-electron chi connectivity index (χ1n) is 11.3. The van der Waals surface area contributed by atoms with Gasteiger partial charge in [0.25, 0.3) is 5.56 Å². The standard InChI is InChI=1S/C26H23F2N3O8/c1-37-21(34)14-31-24(35)22(23(29)30(26(31)36)13-17-5-3-2-4-6-17)19(32)15-38-20(33)12-9-16-7-10-18(11-8-16)39-25(27)28/h2-12,25H,13-15,29H2,1H3/b12-9+. The number of Topliss-reactive ketones (excluding diaryl/α,β-unsaturated/α-hetero) is 1. The first-order chi connectivity index (χ1) is 18.6. The van der Waals surface area contributed by atoms with Gasteiger partial charge in [0.1, 0.15) is 23.7 Å². The number of ketones is 1. The lowest BCUT2D eigenvalue weighted by atomic mass is 10.1. The number of aromatic nitrogens is 2. The maximum Gasteiger partial charge on any atom is 0.387 e. The quantitative estimate of drug-likeness (QED) is 0.217. The van der Waals surface area contributed by atoms with E-state index in [9.17, 15) is 32.8 Å². The van der Waals surface area contributed by atoms with Crippen molar-refractivity contribution < 1.29 is 37.4 Å². The van der Waals surface area contributed by atoms with Crippen LogP contribution in [0.3, 0.4) is 0 Å². The van der Waals surface area contributed by atoms with Gasteiger partial charge in [-0.1, -0.05) is 42.5 Å². The van der Waals surface area contributed by atoms with Crippen LogP contribution in [-0.4, -0.2) is 47.2 Å². The molecule has 11 nitrogen and oxygen atoms in total. The maximum absolute atomic E-state index is 13.0. The summed E-state index contributed by atoms with van der Waals surface area (Å²) in [5.41, 5.74) is 4.40. The number of hydrogen-bond donors (Lipinski definition) is 1. The van der Waals surface area contributed by atoms with Crippen LogP contribution in [-0.2, 0) is 32.2 Å². The highest BCUT2D eigenvalue weighted by atomic mass is 19.3. The molecule has 3 rings (SSSR count). The number of nitrogen functional groups attached to an aromatic ring is 1. The molecule has 1 heterocycles. The topological polar surface area (TPSA) is 149 Å². The molecule has 13 heteroatoms. The van der Waals surface area contributed by atoms with Crippen LogP contribution in [0.5, 0.6) is 5.75 Å². The minimum Gasteiger partial charge on any atom is -0.468 e. The SMILES string of the molecule is COC(=O)Cn1c(=O)c(C(=O)COC(=O)/C=C/c2ccc(OC(F)F)cc2)c(N)n(Cc2ccccc2)c1=O. The van der Waals surface area contributed by atoms with Gasteiger partial charge in [-0.15, -0.1) is 0 Å². The summed E-state index contributed by atoms with van der Waals surface area (Å²) in [5, 5.41) is 0. The number of halogens is 2. The predicted octanol–water partition coefficient (Wildman–Crippen LogP) is 1.85. The Kier molecular flexibility index (Phi) is 9.46. The number of carbonyl (C=O) groups is 3. The van der Waals surface area contributed by atoms with Crippen LogP contribution in [0.15, 0.2) is 70.3 Å². The molecule has 0 radical (unpaired) electrons. The number of rotatable bonds is 11. The summed E-state index contributed by atoms with van der Waals surface area (Å²) < 4.78 is 39.6. The molecule has 0 saturated carbocycles. The highest BCUT2D eigenvalue weighted by Crippen LogP contribution is 2.16. The summed E-state index contributed by atoms with van der Waals surface area (Å²) in [7, 11) is 1.07. The van der Waals surface area contributed by atoms with Gasteiger partial charge in [-0.2, -0.15) is 8.78 Å². The second kappa shape index (κ2) is 12.9. The number of ether oxygens (including phenoxy) is 3. The van der Waals surface area contributed by atoms with Crippen molar-refractivity contribution in [2.24, 2.45) is 0 Å². The Morgan fingerprint density at radius 1 is 1.00 bits per heavy atom. The smallest absolute Gasteiger partial charge is 0.387 e. The Morgan fingerprint density at radius 2 is 1.67 bits per heavy atom. The highest BCUT2D eigenvalue weighted by molar-refractivity contribution is 6.02. The lowest BCUT2D eigenvalue weighted by Gasteiger charge is -2.16. The zero-order valence-corrected chi connectivity index (χ0v) is 20.5. The number of alkyl halides is 2. The van der Waals surface area contributed by atoms with E-state index in [0.29, 0.717) is 15.7 Å². The van der Waals surface area contributed by atoms with Gasteiger partial charge in [-0.3, -0.25) is 19.0 Å². The minimum absolute atomic E-state index is 0.0700. The maximum atomic E-state index is 13.0. The van der Waals surface area contributed by atoms with E-state index in [1.165, 1.54) is 30.3 Å². The second-order valence-electron chi connectivity index (χ2n) is 7.89. The van der Waals surface area contributed by atoms with Gasteiger partial charge >= 0.3 is 24.2 Å². The predicted molar refractivity (Wildman–Crippen MR) is 134 cm³/mol. The zero-order valence-electron chi connectivity index (χ0n) is 20.5. The fraction of sp³-hybridized carbons (Fsp3) is 0.192. The van der Waals surface area contributed by atoms with E-state index in [-0.39, 0.29) is 12.3 Å². The molecular weight excluding hydrogens is 520 g/mol. The molecule has 0 fully saturated rings. The Balaban J connectivity index is 1.82. The summed E-state index contributed by atoms with van der Waals surface area (Å²) in [6.45, 7) is -4.76. The number of benzene rings is 2. The molecule has 0 bridgehead atoms. The summed E-state index contributed by atoms with van der Waals surface area (Å²) in [6.07, 6.45) is 2.28. The van der Waals surface area contributed by atoms with Crippen molar-refractivity contribution in [2.75, 3.05) is 19.5 Å². The first kappa shape index (κ1) is 28.5. The van der Waals surface area contributed by atoms with Crippen molar-refractivity contribution in [2.45, 2.75) is 19.7 Å². The van der Waals surface area contributed by atoms with Crippen LogP contribution in [0.4, 0.5) is 14.6 Å². The van der Waals surface area contributed by atoms with Crippen LogP contribution in [0.1, 0.15) is 21.5 Å². The number of carbonyl (C=O) groups excluding carboxylic acids is 3. The third kappa shape index (κ3) is 7.47. The molecule has 204 valence electrons. The van der Waals surface area contributed by atoms with Crippen molar-refractivity contribution in [3.05, 3.63) is 98.2 Å². The zero-order chi connectivity index (χ0) is 28.5. The van der Waals surface area contributed by atoms with Crippen molar-refractivity contribution in [1.29, 1.82) is 0 Å². The molecule has 1 aromatic heterocycles. The lowest BCUT2D eigenvalue weighted by Crippen LogP contribution is -2.46. The van der Waals surface area contributed by atoms with Gasteiger partial charge in [0.2, 0.25) is 5.78 Å². The molecule has 0 aliphatic rings. The van der Waals surface area contributed by atoms with Crippen molar-refractivity contribution >= 4 is 29.6 Å². The van der Waals surface area contributed by atoms with Gasteiger partial charge in [-0.05, 0) is 29.3 Å². The average Bonchev–Trinajstić information content (AvgIpc) is 2.92. The van der Waals surface area contributed by atoms with Gasteiger partial charge in [-0.25, -0.2) is 14.2 Å². The number of nitrogens with two attached hydrogens (primary N) is 1. The number of esters is 2. The van der Waals surface area contributed by atoms with Crippen LogP contribution in [0.2, 0.25) is 0 Å². The molecule has 0 amide bonds. The van der Waals surface area contributed by atoms with E-state index in [4.69, 9.17) is 10.5 Å². The minimum atomic E-state index is -2.98. The fourth-order valence-corrected chi connectivity index (χ4v) is 3.41. The van der Waals surface area contributed by atoms with Crippen molar-refractivity contribution in [3.8, 4) is 5.75 Å². The molecule has 0 unspecified atom stereocenters. The normalized spacial score (nSPS) is 11.0. The molecule has 2 aromatic carbocycles. The van der Waals surface area contributed by atoms with Crippen LogP contribution in [0, 0.1) is 0 Å². The second-order valence-corrected chi connectivity index (χ2v) is 7.89. The lowest BCUT2D eigenvalue weighted by molar-refractivity contribution is -0.141. The summed E-state index contributed by atoms with van der Waals surface area (Å²) in [4.78, 5) is 62.8. The van der Waals surface area contributed by atoms with E-state index in [0.717, 1.165) is 17.8 Å². The number of methoxy groups -OCH3 is 1. The molecule has 0 saturated heterocycles. The van der Waals surface area contributed by atoms with Crippen molar-refractivity contribution in [3.63, 3.8) is 0 Å². The Labute approximate surface area is 219 Å². The third-order valence-electron chi connectivity index (χ3n) is 5.31. The average molecular weight is 543 g/mol. The van der Waals surface area contributed by atoms with Crippen LogP contribution < -0.4 is 21.7 Å². The third-order valence-corrected chi connectivity index (χ3v) is 5.31. The van der Waals surface area contributed by atoms with Gasteiger partial charge in [0.05, 0.1) is 13.7 Å². The van der Waals surface area contributed by atoms with E-state index in [1.807, 2.05) is 0 Å². The summed E-state index contributed by atoms with van der Waals surface area (Å²) >= 11 is 0. The van der Waals surface area contributed by atoms with Crippen LogP contribution in [0.25, 0.3) is 6.08 Å². The number of hydrogen-bond acceptors (Lipinski definition) is 9.